The van der Waals surface area contributed by atoms with E-state index < -0.39 is 0 Å². The van der Waals surface area contributed by atoms with E-state index in [0.717, 1.165) is 25.9 Å². The molecule has 0 atom stereocenters. The molecule has 3 nitrogen and oxygen atoms in total. The van der Waals surface area contributed by atoms with Crippen molar-refractivity contribution in [1.82, 2.24) is 4.90 Å². The quantitative estimate of drug-likeness (QED) is 0.713. The van der Waals surface area contributed by atoms with Crippen LogP contribution in [0, 0.1) is 0 Å². The molecule has 0 aromatic heterocycles. The highest BCUT2D eigenvalue weighted by Crippen LogP contribution is 2.33. The lowest BCUT2D eigenvalue weighted by atomic mass is 9.84. The summed E-state index contributed by atoms with van der Waals surface area (Å²) in [6, 6.07) is 1.13. The molecule has 0 spiro atoms. The zero-order valence-corrected chi connectivity index (χ0v) is 10.4. The maximum absolute atomic E-state index is 6.06. The minimum atomic E-state index is -0.0264. The number of morpholine rings is 1. The van der Waals surface area contributed by atoms with Crippen molar-refractivity contribution in [3.05, 3.63) is 0 Å². The van der Waals surface area contributed by atoms with Crippen LogP contribution in [0.15, 0.2) is 0 Å². The molecule has 1 aliphatic heterocycles. The van der Waals surface area contributed by atoms with Gasteiger partial charge in [0.1, 0.15) is 0 Å². The third-order valence-electron chi connectivity index (χ3n) is 3.39. The molecule has 3 heteroatoms. The summed E-state index contributed by atoms with van der Waals surface area (Å²) in [4.78, 5) is 2.56. The third-order valence-corrected chi connectivity index (χ3v) is 3.39. The molecular formula is C12H24N2O. The van der Waals surface area contributed by atoms with Gasteiger partial charge >= 0.3 is 0 Å². The summed E-state index contributed by atoms with van der Waals surface area (Å²) in [5, 5.41) is 0. The number of nitrogens with zero attached hydrogens (tertiary/aromatic N) is 1. The second-order valence-corrected chi connectivity index (χ2v) is 6.41. The molecule has 0 aromatic carbocycles. The number of ether oxygens (including phenoxy) is 1. The predicted octanol–water partition coefficient (Wildman–Crippen LogP) is 1.37. The molecule has 0 amide bonds. The number of hydrogen-bond acceptors (Lipinski definition) is 3. The Hall–Kier alpha value is -0.120. The summed E-state index contributed by atoms with van der Waals surface area (Å²) < 4.78 is 6.06. The van der Waals surface area contributed by atoms with E-state index in [2.05, 4.69) is 32.6 Å². The van der Waals surface area contributed by atoms with Crippen LogP contribution in [-0.4, -0.2) is 41.3 Å². The van der Waals surface area contributed by atoms with E-state index in [9.17, 15) is 0 Å². The van der Waals surface area contributed by atoms with Crippen molar-refractivity contribution < 1.29 is 4.74 Å². The van der Waals surface area contributed by atoms with Crippen LogP contribution in [0.5, 0.6) is 0 Å². The standard InChI is InChI=1S/C12H24N2O/c1-11(2)7-14(8-12(3,4)15-11)10-5-9(13)6-10/h9-10H,5-8,13H2,1-4H3. The first-order valence-corrected chi connectivity index (χ1v) is 5.97. The minimum absolute atomic E-state index is 0.0264. The topological polar surface area (TPSA) is 38.5 Å². The van der Waals surface area contributed by atoms with Crippen molar-refractivity contribution in [3.8, 4) is 0 Å². The first kappa shape index (κ1) is 11.4. The summed E-state index contributed by atoms with van der Waals surface area (Å²) in [7, 11) is 0. The highest BCUT2D eigenvalue weighted by atomic mass is 16.5. The third kappa shape index (κ3) is 2.52. The zero-order chi connectivity index (χ0) is 11.3. The van der Waals surface area contributed by atoms with Crippen LogP contribution in [0.2, 0.25) is 0 Å². The van der Waals surface area contributed by atoms with Crippen molar-refractivity contribution in [1.29, 1.82) is 0 Å². The van der Waals surface area contributed by atoms with Gasteiger partial charge in [-0.3, -0.25) is 4.90 Å². The molecule has 2 rings (SSSR count). The summed E-state index contributed by atoms with van der Waals surface area (Å²) in [5.41, 5.74) is 5.80. The molecule has 0 radical (unpaired) electrons. The molecule has 2 aliphatic rings. The maximum atomic E-state index is 6.06. The Balaban J connectivity index is 2.01. The minimum Gasteiger partial charge on any atom is -0.367 e. The Morgan fingerprint density at radius 1 is 1.07 bits per heavy atom. The molecule has 88 valence electrons. The Bertz CT molecular complexity index is 228. The summed E-state index contributed by atoms with van der Waals surface area (Å²) in [6.07, 6.45) is 2.32. The molecule has 0 unspecified atom stereocenters. The lowest BCUT2D eigenvalue weighted by Gasteiger charge is -2.52. The van der Waals surface area contributed by atoms with Gasteiger partial charge in [0, 0.05) is 25.2 Å². The van der Waals surface area contributed by atoms with Gasteiger partial charge in [0.2, 0.25) is 0 Å². The van der Waals surface area contributed by atoms with Crippen molar-refractivity contribution >= 4 is 0 Å². The van der Waals surface area contributed by atoms with Crippen LogP contribution < -0.4 is 5.73 Å². The molecule has 1 saturated heterocycles. The second-order valence-electron chi connectivity index (χ2n) is 6.41. The van der Waals surface area contributed by atoms with E-state index in [1.807, 2.05) is 0 Å². The fourth-order valence-corrected chi connectivity index (χ4v) is 3.03. The lowest BCUT2D eigenvalue weighted by molar-refractivity contribution is -0.192. The van der Waals surface area contributed by atoms with E-state index in [4.69, 9.17) is 10.5 Å². The van der Waals surface area contributed by atoms with Crippen molar-refractivity contribution in [2.45, 2.75) is 63.8 Å². The highest BCUT2D eigenvalue weighted by molar-refractivity contribution is 4.97. The van der Waals surface area contributed by atoms with Crippen LogP contribution in [0.3, 0.4) is 0 Å². The second kappa shape index (κ2) is 3.44. The zero-order valence-electron chi connectivity index (χ0n) is 10.4. The Morgan fingerprint density at radius 2 is 1.53 bits per heavy atom. The van der Waals surface area contributed by atoms with E-state index in [1.165, 1.54) is 0 Å². The fraction of sp³-hybridized carbons (Fsp3) is 1.00. The summed E-state index contributed by atoms with van der Waals surface area (Å²) >= 11 is 0. The highest BCUT2D eigenvalue weighted by Gasteiger charge is 2.43. The summed E-state index contributed by atoms with van der Waals surface area (Å²) in [5.74, 6) is 0. The van der Waals surface area contributed by atoms with Gasteiger partial charge in [-0.1, -0.05) is 0 Å². The molecule has 15 heavy (non-hydrogen) atoms. The van der Waals surface area contributed by atoms with Crippen LogP contribution in [0.4, 0.5) is 0 Å². The van der Waals surface area contributed by atoms with Gasteiger partial charge in [-0.15, -0.1) is 0 Å². The Morgan fingerprint density at radius 3 is 1.93 bits per heavy atom. The average molecular weight is 212 g/mol. The molecule has 2 fully saturated rings. The lowest BCUT2D eigenvalue weighted by Crippen LogP contribution is -2.63. The van der Waals surface area contributed by atoms with Crippen molar-refractivity contribution in [2.24, 2.45) is 5.73 Å². The Labute approximate surface area is 93.0 Å². The van der Waals surface area contributed by atoms with Crippen LogP contribution in [-0.2, 0) is 4.74 Å². The molecule has 1 saturated carbocycles. The molecule has 1 heterocycles. The molecule has 0 aromatic rings. The van der Waals surface area contributed by atoms with E-state index in [1.54, 1.807) is 0 Å². The van der Waals surface area contributed by atoms with Crippen LogP contribution in [0.25, 0.3) is 0 Å². The normalized spacial score (nSPS) is 39.8. The van der Waals surface area contributed by atoms with Gasteiger partial charge in [0.05, 0.1) is 11.2 Å². The maximum Gasteiger partial charge on any atom is 0.0760 e. The largest absolute Gasteiger partial charge is 0.367 e. The van der Waals surface area contributed by atoms with Gasteiger partial charge in [0.15, 0.2) is 0 Å². The predicted molar refractivity (Wildman–Crippen MR) is 61.8 cm³/mol. The number of rotatable bonds is 1. The number of hydrogen-bond donors (Lipinski definition) is 1. The van der Waals surface area contributed by atoms with Crippen molar-refractivity contribution in [2.75, 3.05) is 13.1 Å². The Kier molecular flexibility index (Phi) is 2.61. The van der Waals surface area contributed by atoms with Gasteiger partial charge < -0.3 is 10.5 Å². The van der Waals surface area contributed by atoms with Crippen molar-refractivity contribution in [3.63, 3.8) is 0 Å². The molecule has 1 aliphatic carbocycles. The SMILES string of the molecule is CC1(C)CN(C2CC(N)C2)CC(C)(C)O1. The van der Waals surface area contributed by atoms with Crippen LogP contribution in [0.1, 0.15) is 40.5 Å². The molecule has 2 N–H and O–H groups in total. The van der Waals surface area contributed by atoms with E-state index in [-0.39, 0.29) is 11.2 Å². The van der Waals surface area contributed by atoms with E-state index in [0.29, 0.717) is 12.1 Å². The van der Waals surface area contributed by atoms with Gasteiger partial charge in [-0.2, -0.15) is 0 Å². The van der Waals surface area contributed by atoms with Crippen LogP contribution >= 0.6 is 0 Å². The smallest absolute Gasteiger partial charge is 0.0760 e. The van der Waals surface area contributed by atoms with E-state index >= 15 is 0 Å². The number of nitrogens with two attached hydrogens (primary N) is 1. The first-order chi connectivity index (χ1) is 6.77. The van der Waals surface area contributed by atoms with Gasteiger partial charge in [-0.25, -0.2) is 0 Å². The average Bonchev–Trinajstić information content (AvgIpc) is 1.92. The fourth-order valence-electron chi connectivity index (χ4n) is 3.03. The summed E-state index contributed by atoms with van der Waals surface area (Å²) in [6.45, 7) is 10.8. The van der Waals surface area contributed by atoms with Gasteiger partial charge in [0.25, 0.3) is 0 Å². The first-order valence-electron chi connectivity index (χ1n) is 5.97. The molecule has 0 bridgehead atoms. The monoisotopic (exact) mass is 212 g/mol. The molecular weight excluding hydrogens is 188 g/mol. The van der Waals surface area contributed by atoms with Gasteiger partial charge in [-0.05, 0) is 40.5 Å².